The lowest BCUT2D eigenvalue weighted by Crippen LogP contribution is -1.47. The average Bonchev–Trinajstić information content (AvgIpc) is 1.38. The minimum Gasteiger partial charge on any atom is -0.0222 e. The Kier molecular flexibility index (Phi) is 3.84. The van der Waals surface area contributed by atoms with Crippen molar-refractivity contribution >= 4 is 32.7 Å². The predicted octanol–water partition coefficient (Wildman–Crippen LogP) is 2.26. The fraction of sp³-hybridized carbons (Fsp3) is 1.00. The fourth-order valence-corrected chi connectivity index (χ4v) is 0. The van der Waals surface area contributed by atoms with Gasteiger partial charge in [-0.2, -0.15) is 0 Å². The van der Waals surface area contributed by atoms with Gasteiger partial charge in [0, 0.05) is 0 Å². The minimum atomic E-state index is -0.202. The lowest BCUT2D eigenvalue weighted by atomic mass is 11.0. The molecule has 0 heterocycles. The smallest absolute Gasteiger partial charge is 0.0222 e. The van der Waals surface area contributed by atoms with E-state index in [0.29, 0.717) is 0 Å². The molecule has 30 valence electrons. The van der Waals surface area contributed by atoms with Gasteiger partial charge in [0.2, 0.25) is 15.5 Å². The van der Waals surface area contributed by atoms with E-state index in [2.05, 4.69) is 22.4 Å². The van der Waals surface area contributed by atoms with Crippen LogP contribution in [-0.2, 0) is 11.8 Å². The quantitative estimate of drug-likeness (QED) is 0.546. The Morgan fingerprint density at radius 2 is 2.20 bits per heavy atom. The Balaban J connectivity index is 2.85. The predicted molar refractivity (Wildman–Crippen MR) is 33.8 cm³/mol. The van der Waals surface area contributed by atoms with E-state index in [-0.39, 0.29) is 5.40 Å². The van der Waals surface area contributed by atoms with E-state index in [4.69, 9.17) is 11.8 Å². The third kappa shape index (κ3) is 5.00. The molecule has 0 aromatic heterocycles. The first-order valence-electron chi connectivity index (χ1n) is 1.37. The van der Waals surface area contributed by atoms with Crippen LogP contribution in [0.1, 0.15) is 6.92 Å². The molecule has 0 radical (unpaired) electrons. The Morgan fingerprint density at radius 3 is 2.20 bits per heavy atom. The molecule has 1 atom stereocenters. The summed E-state index contributed by atoms with van der Waals surface area (Å²) in [6.45, 7) is 2.08. The van der Waals surface area contributed by atoms with Crippen LogP contribution in [0.15, 0.2) is 0 Å². The van der Waals surface area contributed by atoms with E-state index in [1.165, 1.54) is 0 Å². The summed E-state index contributed by atoms with van der Waals surface area (Å²) in [5, 5.41) is -0.202. The Hall–Kier alpha value is 1.00. The van der Waals surface area contributed by atoms with E-state index < -0.39 is 0 Å². The zero-order chi connectivity index (χ0) is 4.28. The normalized spacial score (nSPS) is 11.2. The van der Waals surface area contributed by atoms with Crippen LogP contribution in [-0.4, -0.2) is 6.16 Å². The van der Waals surface area contributed by atoms with Gasteiger partial charge in [0.25, 0.3) is 5.40 Å². The van der Waals surface area contributed by atoms with Gasteiger partial charge < -0.3 is 0 Å². The van der Waals surface area contributed by atoms with Gasteiger partial charge in [0.05, 0.1) is 0 Å². The topological polar surface area (TPSA) is 0 Å². The van der Waals surface area contributed by atoms with Crippen molar-refractivity contribution in [2.75, 3.05) is 6.16 Å². The molecule has 0 saturated heterocycles. The number of hydrogen-bond donors (Lipinski definition) is 0. The largest absolute Gasteiger partial charge is 0.252 e. The molecule has 0 aliphatic carbocycles. The molecule has 0 aromatic carbocycles. The fourth-order valence-electron chi connectivity index (χ4n) is 0. The monoisotopic (exact) mass is 171 g/mol. The highest BCUT2D eigenvalue weighted by Gasteiger charge is 1.92. The maximum absolute atomic E-state index is 4.76. The molecule has 0 N–H and O–H groups in total. The molecule has 0 bridgehead atoms. The second-order valence-electron chi connectivity index (χ2n) is 0.634. The first-order chi connectivity index (χ1) is 2.27. The van der Waals surface area contributed by atoms with E-state index >= 15 is 0 Å². The van der Waals surface area contributed by atoms with Crippen molar-refractivity contribution in [1.82, 2.24) is 0 Å². The highest BCUT2D eigenvalue weighted by molar-refractivity contribution is 9.41. The Morgan fingerprint density at radius 1 is 2.00 bits per heavy atom. The lowest BCUT2D eigenvalue weighted by molar-refractivity contribution is 1.53. The van der Waals surface area contributed by atoms with Crippen molar-refractivity contribution in [2.45, 2.75) is 6.92 Å². The summed E-state index contributed by atoms with van der Waals surface area (Å²) in [5.41, 5.74) is 0. The summed E-state index contributed by atoms with van der Waals surface area (Å²) in [4.78, 5) is 0. The van der Waals surface area contributed by atoms with Crippen LogP contribution in [0.5, 0.6) is 0 Å². The third-order valence-electron chi connectivity index (χ3n) is 0.249. The Labute approximate surface area is 46.1 Å². The maximum atomic E-state index is 4.76. The molecule has 0 aliphatic heterocycles. The van der Waals surface area contributed by atoms with Crippen molar-refractivity contribution in [3.05, 3.63) is 0 Å². The van der Waals surface area contributed by atoms with E-state index in [0.717, 1.165) is 6.16 Å². The van der Waals surface area contributed by atoms with E-state index in [1.54, 1.807) is 0 Å². The van der Waals surface area contributed by atoms with Crippen molar-refractivity contribution < 1.29 is 0 Å². The molecule has 0 fully saturated rings. The molecule has 0 saturated carbocycles. The number of halogens is 1. The molecule has 0 aliphatic rings. The zero-order valence-corrected chi connectivity index (χ0v) is 6.24. The van der Waals surface area contributed by atoms with Crippen LogP contribution in [0.4, 0.5) is 0 Å². The minimum absolute atomic E-state index is 0.202. The van der Waals surface area contributed by atoms with Crippen molar-refractivity contribution in [3.63, 3.8) is 0 Å². The average molecular weight is 172 g/mol. The molecule has 3 heteroatoms. The van der Waals surface area contributed by atoms with Gasteiger partial charge >= 0.3 is 0 Å². The molecule has 0 aromatic rings. The van der Waals surface area contributed by atoms with Gasteiger partial charge in [0.1, 0.15) is 6.16 Å². The summed E-state index contributed by atoms with van der Waals surface area (Å²) in [7, 11) is 0. The van der Waals surface area contributed by atoms with Gasteiger partial charge in [-0.05, 0) is 6.92 Å². The van der Waals surface area contributed by atoms with Gasteiger partial charge in [-0.25, -0.2) is 0 Å². The highest BCUT2D eigenvalue weighted by Crippen LogP contribution is 2.28. The number of rotatable bonds is 1. The van der Waals surface area contributed by atoms with Crippen LogP contribution in [0.25, 0.3) is 0 Å². The molecular weight excluding hydrogens is 167 g/mol. The standard InChI is InChI=1S/C2H5BrPS/c1-2-4(3)5/h2H2,1H3/q+1. The van der Waals surface area contributed by atoms with Crippen LogP contribution < -0.4 is 0 Å². The van der Waals surface area contributed by atoms with Gasteiger partial charge in [-0.3, -0.25) is 0 Å². The van der Waals surface area contributed by atoms with Crippen LogP contribution >= 0.6 is 20.9 Å². The van der Waals surface area contributed by atoms with Crippen molar-refractivity contribution in [1.29, 1.82) is 0 Å². The van der Waals surface area contributed by atoms with Crippen LogP contribution in [0.3, 0.4) is 0 Å². The first kappa shape index (κ1) is 6.00. The number of hydrogen-bond acceptors (Lipinski definition) is 1. The van der Waals surface area contributed by atoms with Gasteiger partial charge in [-0.15, -0.1) is 0 Å². The van der Waals surface area contributed by atoms with Crippen LogP contribution in [0, 0.1) is 0 Å². The molecular formula is C2H5BrPS+. The van der Waals surface area contributed by atoms with E-state index in [9.17, 15) is 0 Å². The van der Waals surface area contributed by atoms with Gasteiger partial charge in [-0.1, -0.05) is 0 Å². The first-order valence-corrected chi connectivity index (χ1v) is 5.93. The molecule has 1 unspecified atom stereocenters. The SMILES string of the molecule is CC[P+](=S)Br. The van der Waals surface area contributed by atoms with E-state index in [1.807, 2.05) is 0 Å². The summed E-state index contributed by atoms with van der Waals surface area (Å²) < 4.78 is 0. The lowest BCUT2D eigenvalue weighted by Gasteiger charge is -1.56. The summed E-state index contributed by atoms with van der Waals surface area (Å²) in [6, 6.07) is 0. The second-order valence-corrected chi connectivity index (χ2v) is 7.20. The van der Waals surface area contributed by atoms with Crippen molar-refractivity contribution in [3.8, 4) is 0 Å². The summed E-state index contributed by atoms with van der Waals surface area (Å²) in [6.07, 6.45) is 1.10. The third-order valence-corrected chi connectivity index (χ3v) is 3.03. The zero-order valence-electron chi connectivity index (χ0n) is 2.94. The Bertz CT molecular complexity index is 44.9. The summed E-state index contributed by atoms with van der Waals surface area (Å²) >= 11 is 8.01. The molecule has 5 heavy (non-hydrogen) atoms. The van der Waals surface area contributed by atoms with Crippen molar-refractivity contribution in [2.24, 2.45) is 0 Å². The van der Waals surface area contributed by atoms with Crippen LogP contribution in [0.2, 0.25) is 0 Å². The molecule has 0 spiro atoms. The maximum Gasteiger partial charge on any atom is 0.252 e. The summed E-state index contributed by atoms with van der Waals surface area (Å²) in [5.74, 6) is 0. The second kappa shape index (κ2) is 3.20. The van der Waals surface area contributed by atoms with Gasteiger partial charge in [0.15, 0.2) is 11.8 Å². The molecule has 0 amide bonds. The molecule has 0 nitrogen and oxygen atoms in total. The molecule has 0 rings (SSSR count). The highest BCUT2D eigenvalue weighted by atomic mass is 79.9.